The number of amides is 1. The molecule has 1 amide bonds. The molecule has 0 bridgehead atoms. The number of β-amino-alcohol motifs (C(OH)–C–C–N with tert-alkyl or cyclic N) is 1. The van der Waals surface area contributed by atoms with E-state index in [0.717, 1.165) is 0 Å². The summed E-state index contributed by atoms with van der Waals surface area (Å²) in [7, 11) is 1.56. The fraction of sp³-hybridized carbons (Fsp3) is 0.917. The lowest BCUT2D eigenvalue weighted by atomic mass is 9.78. The number of carbonyl (C=O) groups excluding carboxylic acids is 1. The first-order valence-electron chi connectivity index (χ1n) is 6.59. The summed E-state index contributed by atoms with van der Waals surface area (Å²) in [6.45, 7) is 2.32. The van der Waals surface area contributed by atoms with Gasteiger partial charge in [-0.2, -0.15) is 0 Å². The van der Waals surface area contributed by atoms with Gasteiger partial charge in [-0.15, -0.1) is 0 Å². The molecule has 0 spiro atoms. The van der Waals surface area contributed by atoms with Crippen molar-refractivity contribution < 1.29 is 19.7 Å². The third-order valence-corrected chi connectivity index (χ3v) is 4.26. The van der Waals surface area contributed by atoms with Gasteiger partial charge in [0, 0.05) is 32.2 Å². The predicted molar refractivity (Wildman–Crippen MR) is 68.3 cm³/mol. The molecule has 1 saturated heterocycles. The molecule has 1 aliphatic heterocycles. The molecule has 0 aromatic heterocycles. The van der Waals surface area contributed by atoms with Gasteiger partial charge in [-0.1, -0.05) is 6.92 Å². The number of nitrogens with one attached hydrogen (secondary N) is 2. The van der Waals surface area contributed by atoms with Crippen molar-refractivity contribution >= 4 is 5.91 Å². The standard InChI is InChI=1S/C12H23N3O4/c1-6-9(16)8(3-7(13)10(6)19-2)15-11(17)12(18)4-14-5-12/h6-10,14,16,18H,3-5,13H2,1-2H3,(H,15,17). The number of rotatable bonds is 3. The summed E-state index contributed by atoms with van der Waals surface area (Å²) < 4.78 is 5.28. The van der Waals surface area contributed by atoms with E-state index < -0.39 is 23.7 Å². The summed E-state index contributed by atoms with van der Waals surface area (Å²) in [5.41, 5.74) is 4.65. The molecule has 0 aromatic carbocycles. The average molecular weight is 273 g/mol. The molecule has 1 aliphatic carbocycles. The number of carbonyl (C=O) groups is 1. The van der Waals surface area contributed by atoms with Gasteiger partial charge in [0.2, 0.25) is 0 Å². The summed E-state index contributed by atoms with van der Waals surface area (Å²) in [4.78, 5) is 11.9. The van der Waals surface area contributed by atoms with Gasteiger partial charge >= 0.3 is 0 Å². The van der Waals surface area contributed by atoms with E-state index in [1.54, 1.807) is 7.11 Å². The van der Waals surface area contributed by atoms with E-state index >= 15 is 0 Å². The largest absolute Gasteiger partial charge is 0.391 e. The van der Waals surface area contributed by atoms with Crippen molar-refractivity contribution in [2.75, 3.05) is 20.2 Å². The average Bonchev–Trinajstić information content (AvgIpc) is 2.33. The Morgan fingerprint density at radius 2 is 2.16 bits per heavy atom. The second-order valence-corrected chi connectivity index (χ2v) is 5.66. The molecule has 19 heavy (non-hydrogen) atoms. The van der Waals surface area contributed by atoms with Crippen LogP contribution in [0.5, 0.6) is 0 Å². The van der Waals surface area contributed by atoms with Crippen LogP contribution in [0, 0.1) is 5.92 Å². The molecule has 0 radical (unpaired) electrons. The van der Waals surface area contributed by atoms with Crippen LogP contribution < -0.4 is 16.4 Å². The molecular weight excluding hydrogens is 250 g/mol. The molecule has 0 aromatic rings. The van der Waals surface area contributed by atoms with E-state index in [1.165, 1.54) is 0 Å². The van der Waals surface area contributed by atoms with E-state index in [9.17, 15) is 15.0 Å². The summed E-state index contributed by atoms with van der Waals surface area (Å²) in [6.07, 6.45) is -0.527. The number of hydrogen-bond donors (Lipinski definition) is 5. The Labute approximate surface area is 112 Å². The molecule has 6 N–H and O–H groups in total. The lowest BCUT2D eigenvalue weighted by molar-refractivity contribution is -0.148. The zero-order valence-corrected chi connectivity index (χ0v) is 11.3. The highest BCUT2D eigenvalue weighted by molar-refractivity contribution is 5.86. The Bertz CT molecular complexity index is 348. The van der Waals surface area contributed by atoms with E-state index in [2.05, 4.69) is 10.6 Å². The molecular formula is C12H23N3O4. The van der Waals surface area contributed by atoms with Crippen molar-refractivity contribution in [1.29, 1.82) is 0 Å². The lowest BCUT2D eigenvalue weighted by Crippen LogP contribution is -2.70. The Kier molecular flexibility index (Phi) is 4.12. The normalized spacial score (nSPS) is 41.4. The van der Waals surface area contributed by atoms with Crippen molar-refractivity contribution in [2.24, 2.45) is 11.7 Å². The topological polar surface area (TPSA) is 117 Å². The van der Waals surface area contributed by atoms with Crippen LogP contribution >= 0.6 is 0 Å². The van der Waals surface area contributed by atoms with Gasteiger partial charge in [-0.25, -0.2) is 0 Å². The van der Waals surface area contributed by atoms with Crippen LogP contribution in [0.4, 0.5) is 0 Å². The SMILES string of the molecule is COC1C(N)CC(NC(=O)C2(O)CNC2)C(O)C1C. The maximum absolute atomic E-state index is 11.9. The number of aliphatic hydroxyl groups is 2. The first-order valence-corrected chi connectivity index (χ1v) is 6.59. The van der Waals surface area contributed by atoms with Crippen LogP contribution in [0.2, 0.25) is 0 Å². The molecule has 2 rings (SSSR count). The summed E-state index contributed by atoms with van der Waals surface area (Å²) in [6, 6.07) is -0.698. The van der Waals surface area contributed by atoms with Gasteiger partial charge in [-0.3, -0.25) is 4.79 Å². The molecule has 2 aliphatic rings. The van der Waals surface area contributed by atoms with Gasteiger partial charge in [0.05, 0.1) is 18.2 Å². The van der Waals surface area contributed by atoms with E-state index in [1.807, 2.05) is 6.92 Å². The predicted octanol–water partition coefficient (Wildman–Crippen LogP) is -2.45. The number of ether oxygens (including phenoxy) is 1. The number of nitrogens with two attached hydrogens (primary N) is 1. The Morgan fingerprint density at radius 1 is 1.53 bits per heavy atom. The number of hydrogen-bond acceptors (Lipinski definition) is 6. The minimum absolute atomic E-state index is 0.173. The molecule has 1 saturated carbocycles. The Morgan fingerprint density at radius 3 is 2.63 bits per heavy atom. The third-order valence-electron chi connectivity index (χ3n) is 4.26. The summed E-state index contributed by atoms with van der Waals surface area (Å²) in [5.74, 6) is -0.626. The first kappa shape index (κ1) is 14.7. The van der Waals surface area contributed by atoms with Gasteiger partial charge in [0.25, 0.3) is 5.91 Å². The first-order chi connectivity index (χ1) is 8.89. The molecule has 5 unspecified atom stereocenters. The highest BCUT2D eigenvalue weighted by Gasteiger charge is 2.46. The highest BCUT2D eigenvalue weighted by atomic mass is 16.5. The van der Waals surface area contributed by atoms with E-state index in [0.29, 0.717) is 6.42 Å². The minimum Gasteiger partial charge on any atom is -0.391 e. The lowest BCUT2D eigenvalue weighted by Gasteiger charge is -2.44. The van der Waals surface area contributed by atoms with Gasteiger partial charge in [0.1, 0.15) is 0 Å². The molecule has 1 heterocycles. The van der Waals surface area contributed by atoms with Crippen molar-refractivity contribution in [3.63, 3.8) is 0 Å². The van der Waals surface area contributed by atoms with Crippen LogP contribution in [-0.2, 0) is 9.53 Å². The smallest absolute Gasteiger partial charge is 0.254 e. The van der Waals surface area contributed by atoms with Crippen molar-refractivity contribution in [2.45, 2.75) is 43.2 Å². The molecule has 5 atom stereocenters. The van der Waals surface area contributed by atoms with Crippen LogP contribution in [0.25, 0.3) is 0 Å². The molecule has 110 valence electrons. The van der Waals surface area contributed by atoms with E-state index in [-0.39, 0.29) is 31.2 Å². The van der Waals surface area contributed by atoms with Gasteiger partial charge in [-0.05, 0) is 6.42 Å². The fourth-order valence-corrected chi connectivity index (χ4v) is 2.88. The Balaban J connectivity index is 1.99. The van der Waals surface area contributed by atoms with E-state index in [4.69, 9.17) is 10.5 Å². The quantitative estimate of drug-likeness (QED) is 0.390. The zero-order chi connectivity index (χ0) is 14.2. The second-order valence-electron chi connectivity index (χ2n) is 5.66. The second kappa shape index (κ2) is 5.34. The fourth-order valence-electron chi connectivity index (χ4n) is 2.88. The van der Waals surface area contributed by atoms with Gasteiger partial charge in [0.15, 0.2) is 5.60 Å². The summed E-state index contributed by atoms with van der Waals surface area (Å²) in [5, 5.41) is 25.7. The van der Waals surface area contributed by atoms with Crippen LogP contribution in [0.3, 0.4) is 0 Å². The third kappa shape index (κ3) is 2.61. The zero-order valence-electron chi connectivity index (χ0n) is 11.3. The minimum atomic E-state index is -1.36. The van der Waals surface area contributed by atoms with Crippen LogP contribution in [0.1, 0.15) is 13.3 Å². The van der Waals surface area contributed by atoms with Gasteiger partial charge < -0.3 is 31.3 Å². The monoisotopic (exact) mass is 273 g/mol. The van der Waals surface area contributed by atoms with Crippen LogP contribution in [0.15, 0.2) is 0 Å². The highest BCUT2D eigenvalue weighted by Crippen LogP contribution is 2.27. The molecule has 7 heteroatoms. The number of aliphatic hydroxyl groups excluding tert-OH is 1. The van der Waals surface area contributed by atoms with Crippen molar-refractivity contribution in [3.05, 3.63) is 0 Å². The van der Waals surface area contributed by atoms with Crippen LogP contribution in [-0.4, -0.2) is 66.2 Å². The van der Waals surface area contributed by atoms with Crippen molar-refractivity contribution in [3.8, 4) is 0 Å². The van der Waals surface area contributed by atoms with Crippen molar-refractivity contribution in [1.82, 2.24) is 10.6 Å². The summed E-state index contributed by atoms with van der Waals surface area (Å²) >= 11 is 0. The molecule has 7 nitrogen and oxygen atoms in total. The maximum atomic E-state index is 11.9. The number of methoxy groups -OCH3 is 1. The Hall–Kier alpha value is -0.730. The maximum Gasteiger partial charge on any atom is 0.254 e. The molecule has 2 fully saturated rings.